The van der Waals surface area contributed by atoms with Crippen LogP contribution in [-0.2, 0) is 17.8 Å². The number of thiazole rings is 1. The molecule has 0 saturated heterocycles. The second-order valence-corrected chi connectivity index (χ2v) is 5.32. The molecule has 16 heavy (non-hydrogen) atoms. The van der Waals surface area contributed by atoms with Crippen LogP contribution in [0.1, 0.15) is 47.8 Å². The van der Waals surface area contributed by atoms with Crippen molar-refractivity contribution in [2.24, 2.45) is 0 Å². The third-order valence-electron chi connectivity index (χ3n) is 2.92. The van der Waals surface area contributed by atoms with E-state index in [1.807, 2.05) is 18.4 Å². The lowest BCUT2D eigenvalue weighted by atomic mass is 9.98. The number of nitrogens with zero attached hydrogens (tertiary/aromatic N) is 1. The fourth-order valence-corrected chi connectivity index (χ4v) is 3.31. The molecule has 1 heterocycles. The molecular weight excluding hydrogens is 220 g/mol. The van der Waals surface area contributed by atoms with E-state index < -0.39 is 0 Å². The second kappa shape index (κ2) is 5.75. The lowest BCUT2D eigenvalue weighted by Crippen LogP contribution is -2.19. The van der Waals surface area contributed by atoms with Crippen LogP contribution >= 0.6 is 11.3 Å². The number of hydrogen-bond donors (Lipinski definition) is 1. The van der Waals surface area contributed by atoms with Crippen LogP contribution in [0.2, 0.25) is 0 Å². The molecule has 0 radical (unpaired) electrons. The summed E-state index contributed by atoms with van der Waals surface area (Å²) in [5.74, 6) is 0. The van der Waals surface area contributed by atoms with Crippen LogP contribution in [0.4, 0.5) is 0 Å². The monoisotopic (exact) mass is 240 g/mol. The first-order valence-electron chi connectivity index (χ1n) is 6.08. The van der Waals surface area contributed by atoms with Crippen LogP contribution < -0.4 is 5.32 Å². The molecule has 0 saturated carbocycles. The molecule has 0 fully saturated rings. The molecule has 0 spiro atoms. The van der Waals surface area contributed by atoms with Crippen LogP contribution in [0, 0.1) is 0 Å². The summed E-state index contributed by atoms with van der Waals surface area (Å²) in [6.45, 7) is 3.64. The van der Waals surface area contributed by atoms with E-state index in [0.717, 1.165) is 24.5 Å². The summed E-state index contributed by atoms with van der Waals surface area (Å²) in [7, 11) is 2.03. The van der Waals surface area contributed by atoms with E-state index in [2.05, 4.69) is 17.2 Å². The Morgan fingerprint density at radius 1 is 1.56 bits per heavy atom. The van der Waals surface area contributed by atoms with E-state index in [1.165, 1.54) is 23.4 Å². The summed E-state index contributed by atoms with van der Waals surface area (Å²) in [6.07, 6.45) is 4.69. The van der Waals surface area contributed by atoms with Gasteiger partial charge in [-0.2, -0.15) is 0 Å². The van der Waals surface area contributed by atoms with Crippen molar-refractivity contribution in [2.75, 3.05) is 13.7 Å². The molecule has 3 nitrogen and oxygen atoms in total. The SMILES string of the molecule is CCCOCc1nc2c(s1)C(NC)CCC2. The highest BCUT2D eigenvalue weighted by molar-refractivity contribution is 7.11. The average molecular weight is 240 g/mol. The molecule has 1 N–H and O–H groups in total. The molecule has 0 aromatic carbocycles. The van der Waals surface area contributed by atoms with Gasteiger partial charge in [0.1, 0.15) is 5.01 Å². The van der Waals surface area contributed by atoms with Crippen LogP contribution in [0.5, 0.6) is 0 Å². The Bertz CT molecular complexity index is 338. The summed E-state index contributed by atoms with van der Waals surface area (Å²) in [5, 5.41) is 4.51. The van der Waals surface area contributed by atoms with Crippen molar-refractivity contribution >= 4 is 11.3 Å². The van der Waals surface area contributed by atoms with Crippen molar-refractivity contribution in [3.63, 3.8) is 0 Å². The normalized spacial score (nSPS) is 19.8. The molecule has 1 atom stereocenters. The number of aryl methyl sites for hydroxylation is 1. The molecule has 90 valence electrons. The maximum atomic E-state index is 5.54. The maximum Gasteiger partial charge on any atom is 0.119 e. The van der Waals surface area contributed by atoms with Gasteiger partial charge in [0.25, 0.3) is 0 Å². The van der Waals surface area contributed by atoms with Gasteiger partial charge in [0, 0.05) is 17.5 Å². The fraction of sp³-hybridized carbons (Fsp3) is 0.750. The third kappa shape index (κ3) is 2.62. The molecule has 0 bridgehead atoms. The summed E-state index contributed by atoms with van der Waals surface area (Å²) in [6, 6.07) is 0.515. The minimum atomic E-state index is 0.515. The molecule has 4 heteroatoms. The molecule has 1 aliphatic carbocycles. The van der Waals surface area contributed by atoms with Gasteiger partial charge < -0.3 is 10.1 Å². The topological polar surface area (TPSA) is 34.1 Å². The summed E-state index contributed by atoms with van der Waals surface area (Å²) in [5.41, 5.74) is 1.30. The van der Waals surface area contributed by atoms with Crippen molar-refractivity contribution in [1.82, 2.24) is 10.3 Å². The number of fused-ring (bicyclic) bond motifs is 1. The van der Waals surface area contributed by atoms with E-state index in [4.69, 9.17) is 4.74 Å². The van der Waals surface area contributed by atoms with Crippen LogP contribution in [0.25, 0.3) is 0 Å². The highest BCUT2D eigenvalue weighted by Crippen LogP contribution is 2.34. The first-order chi connectivity index (χ1) is 7.85. The van der Waals surface area contributed by atoms with Gasteiger partial charge in [0.2, 0.25) is 0 Å². The van der Waals surface area contributed by atoms with E-state index in [1.54, 1.807) is 0 Å². The van der Waals surface area contributed by atoms with Crippen molar-refractivity contribution in [1.29, 1.82) is 0 Å². The minimum Gasteiger partial charge on any atom is -0.374 e. The quantitative estimate of drug-likeness (QED) is 0.803. The second-order valence-electron chi connectivity index (χ2n) is 4.20. The van der Waals surface area contributed by atoms with Crippen molar-refractivity contribution in [2.45, 2.75) is 45.3 Å². The third-order valence-corrected chi connectivity index (χ3v) is 4.10. The van der Waals surface area contributed by atoms with Gasteiger partial charge in [-0.05, 0) is 32.7 Å². The Kier molecular flexibility index (Phi) is 4.32. The number of ether oxygens (including phenoxy) is 1. The van der Waals surface area contributed by atoms with Crippen molar-refractivity contribution in [3.8, 4) is 0 Å². The minimum absolute atomic E-state index is 0.515. The van der Waals surface area contributed by atoms with Crippen LogP contribution in [0.15, 0.2) is 0 Å². The van der Waals surface area contributed by atoms with Gasteiger partial charge in [-0.3, -0.25) is 0 Å². The number of nitrogens with one attached hydrogen (secondary N) is 1. The Labute approximate surface area is 101 Å². The summed E-state index contributed by atoms with van der Waals surface area (Å²) < 4.78 is 5.54. The van der Waals surface area contributed by atoms with Crippen molar-refractivity contribution in [3.05, 3.63) is 15.6 Å². The van der Waals surface area contributed by atoms with Crippen molar-refractivity contribution < 1.29 is 4.74 Å². The Morgan fingerprint density at radius 3 is 3.19 bits per heavy atom. The van der Waals surface area contributed by atoms with E-state index >= 15 is 0 Å². The molecule has 0 amide bonds. The number of aromatic nitrogens is 1. The zero-order chi connectivity index (χ0) is 11.4. The zero-order valence-corrected chi connectivity index (χ0v) is 10.9. The first-order valence-corrected chi connectivity index (χ1v) is 6.90. The highest BCUT2D eigenvalue weighted by Gasteiger charge is 2.23. The van der Waals surface area contributed by atoms with Crippen LogP contribution in [-0.4, -0.2) is 18.6 Å². The average Bonchev–Trinajstić information content (AvgIpc) is 2.71. The number of hydrogen-bond acceptors (Lipinski definition) is 4. The molecule has 1 unspecified atom stereocenters. The van der Waals surface area contributed by atoms with Gasteiger partial charge in [-0.25, -0.2) is 4.98 Å². The summed E-state index contributed by atoms with van der Waals surface area (Å²) >= 11 is 1.82. The molecule has 1 aliphatic rings. The van der Waals surface area contributed by atoms with Gasteiger partial charge in [0.15, 0.2) is 0 Å². The predicted octanol–water partition coefficient (Wildman–Crippen LogP) is 2.67. The lowest BCUT2D eigenvalue weighted by Gasteiger charge is -2.20. The molecule has 1 aromatic heterocycles. The van der Waals surface area contributed by atoms with Gasteiger partial charge >= 0.3 is 0 Å². The highest BCUT2D eigenvalue weighted by atomic mass is 32.1. The molecule has 1 aromatic rings. The van der Waals surface area contributed by atoms with E-state index in [9.17, 15) is 0 Å². The Balaban J connectivity index is 2.03. The van der Waals surface area contributed by atoms with E-state index in [-0.39, 0.29) is 0 Å². The first kappa shape index (κ1) is 12.0. The summed E-state index contributed by atoms with van der Waals surface area (Å²) in [4.78, 5) is 6.11. The predicted molar refractivity (Wildman–Crippen MR) is 66.8 cm³/mol. The lowest BCUT2D eigenvalue weighted by molar-refractivity contribution is 0.121. The van der Waals surface area contributed by atoms with Gasteiger partial charge in [-0.15, -0.1) is 11.3 Å². The van der Waals surface area contributed by atoms with Crippen LogP contribution in [0.3, 0.4) is 0 Å². The fourth-order valence-electron chi connectivity index (χ4n) is 2.11. The molecular formula is C12H20N2OS. The maximum absolute atomic E-state index is 5.54. The molecule has 2 rings (SSSR count). The Hall–Kier alpha value is -0.450. The van der Waals surface area contributed by atoms with E-state index in [0.29, 0.717) is 12.6 Å². The smallest absolute Gasteiger partial charge is 0.119 e. The Morgan fingerprint density at radius 2 is 2.44 bits per heavy atom. The zero-order valence-electron chi connectivity index (χ0n) is 10.1. The molecule has 0 aliphatic heterocycles. The number of rotatable bonds is 5. The van der Waals surface area contributed by atoms with Gasteiger partial charge in [-0.1, -0.05) is 6.92 Å². The standard InChI is InChI=1S/C12H20N2OS/c1-3-7-15-8-11-14-10-6-4-5-9(13-2)12(10)16-11/h9,13H,3-8H2,1-2H3. The van der Waals surface area contributed by atoms with Gasteiger partial charge in [0.05, 0.1) is 12.3 Å². The largest absolute Gasteiger partial charge is 0.374 e.